The SMILES string of the molecule is CCSc1ccccc1-n1cnc(OCC(F)(F)C(F)(F)C(F)(F)F)n1. The number of aromatic nitrogens is 3. The fourth-order valence-electron chi connectivity index (χ4n) is 1.81. The topological polar surface area (TPSA) is 39.9 Å². The van der Waals surface area contributed by atoms with E-state index < -0.39 is 30.6 Å². The van der Waals surface area contributed by atoms with Gasteiger partial charge in [0.05, 0.1) is 5.69 Å². The molecule has 0 bridgehead atoms. The lowest BCUT2D eigenvalue weighted by Crippen LogP contribution is -2.54. The van der Waals surface area contributed by atoms with Gasteiger partial charge in [-0.1, -0.05) is 19.1 Å². The first kappa shape index (κ1) is 20.3. The highest BCUT2D eigenvalue weighted by Gasteiger charge is 2.73. The van der Waals surface area contributed by atoms with Crippen LogP contribution in [0.15, 0.2) is 35.5 Å². The maximum absolute atomic E-state index is 13.2. The highest BCUT2D eigenvalue weighted by Crippen LogP contribution is 2.46. The summed E-state index contributed by atoms with van der Waals surface area (Å²) in [6.07, 6.45) is -5.34. The average molecular weight is 403 g/mol. The molecule has 0 unspecified atom stereocenters. The number of thioether (sulfide) groups is 1. The van der Waals surface area contributed by atoms with Crippen molar-refractivity contribution in [1.29, 1.82) is 0 Å². The average Bonchev–Trinajstić information content (AvgIpc) is 3.01. The first-order valence-electron chi connectivity index (χ1n) is 7.08. The van der Waals surface area contributed by atoms with E-state index in [-0.39, 0.29) is 0 Å². The number of benzene rings is 1. The molecule has 0 N–H and O–H groups in total. The minimum Gasteiger partial charge on any atom is -0.456 e. The molecule has 0 saturated carbocycles. The van der Waals surface area contributed by atoms with Crippen molar-refractivity contribution in [3.63, 3.8) is 0 Å². The Labute approximate surface area is 147 Å². The van der Waals surface area contributed by atoms with E-state index in [0.29, 0.717) is 5.69 Å². The van der Waals surface area contributed by atoms with Crippen molar-refractivity contribution < 1.29 is 35.5 Å². The first-order valence-corrected chi connectivity index (χ1v) is 8.07. The van der Waals surface area contributed by atoms with Crippen LogP contribution < -0.4 is 4.74 Å². The van der Waals surface area contributed by atoms with Crippen molar-refractivity contribution in [1.82, 2.24) is 14.8 Å². The third-order valence-electron chi connectivity index (χ3n) is 3.08. The summed E-state index contributed by atoms with van der Waals surface area (Å²) in [5.74, 6) is -11.0. The quantitative estimate of drug-likeness (QED) is 0.501. The Morgan fingerprint density at radius 3 is 2.35 bits per heavy atom. The molecule has 12 heteroatoms. The van der Waals surface area contributed by atoms with Gasteiger partial charge in [-0.3, -0.25) is 0 Å². The van der Waals surface area contributed by atoms with Crippen LogP contribution in [-0.4, -0.2) is 45.1 Å². The van der Waals surface area contributed by atoms with Crippen LogP contribution in [0.25, 0.3) is 5.69 Å². The normalized spacial score (nSPS) is 13.1. The second-order valence-corrected chi connectivity index (χ2v) is 6.24. The molecule has 4 nitrogen and oxygen atoms in total. The molecule has 2 aromatic rings. The highest BCUT2D eigenvalue weighted by atomic mass is 32.2. The summed E-state index contributed by atoms with van der Waals surface area (Å²) in [5.41, 5.74) is 0.522. The number of halogens is 7. The second-order valence-electron chi connectivity index (χ2n) is 4.94. The molecule has 0 aliphatic rings. The Hall–Kier alpha value is -1.98. The van der Waals surface area contributed by atoms with E-state index in [1.165, 1.54) is 11.8 Å². The summed E-state index contributed by atoms with van der Waals surface area (Å²) in [4.78, 5) is 4.28. The number of rotatable bonds is 7. The van der Waals surface area contributed by atoms with E-state index in [4.69, 9.17) is 0 Å². The van der Waals surface area contributed by atoms with Crippen molar-refractivity contribution in [2.24, 2.45) is 0 Å². The summed E-state index contributed by atoms with van der Waals surface area (Å²) in [5, 5.41) is 3.68. The molecule has 1 heterocycles. The van der Waals surface area contributed by atoms with E-state index in [1.54, 1.807) is 24.3 Å². The zero-order valence-corrected chi connectivity index (χ0v) is 13.9. The molecule has 0 atom stereocenters. The summed E-state index contributed by atoms with van der Waals surface area (Å²) in [6, 6.07) is 6.09. The molecule has 1 aromatic carbocycles. The number of nitrogens with zero attached hydrogens (tertiary/aromatic N) is 3. The number of alkyl halides is 7. The Kier molecular flexibility index (Phi) is 5.73. The number of hydrogen-bond donors (Lipinski definition) is 0. The minimum atomic E-state index is -6.41. The zero-order chi connectivity index (χ0) is 19.6. The van der Waals surface area contributed by atoms with Gasteiger partial charge in [0.2, 0.25) is 0 Å². The third kappa shape index (κ3) is 4.05. The maximum atomic E-state index is 13.2. The molecule has 0 spiro atoms. The fourth-order valence-corrected chi connectivity index (χ4v) is 2.60. The van der Waals surface area contributed by atoms with Crippen molar-refractivity contribution >= 4 is 11.8 Å². The van der Waals surface area contributed by atoms with Gasteiger partial charge >= 0.3 is 24.0 Å². The van der Waals surface area contributed by atoms with E-state index >= 15 is 0 Å². The monoisotopic (exact) mass is 403 g/mol. The van der Waals surface area contributed by atoms with E-state index in [2.05, 4.69) is 14.8 Å². The van der Waals surface area contributed by atoms with Crippen molar-refractivity contribution in [2.45, 2.75) is 29.8 Å². The predicted molar refractivity (Wildman–Crippen MR) is 79.2 cm³/mol. The van der Waals surface area contributed by atoms with Gasteiger partial charge in [0.25, 0.3) is 0 Å². The van der Waals surface area contributed by atoms with Crippen LogP contribution in [0.3, 0.4) is 0 Å². The largest absolute Gasteiger partial charge is 0.460 e. The summed E-state index contributed by atoms with van der Waals surface area (Å²) < 4.78 is 93.7. The molecular formula is C14H12F7N3OS. The third-order valence-corrected chi connectivity index (χ3v) is 4.03. The van der Waals surface area contributed by atoms with Crippen LogP contribution in [-0.2, 0) is 0 Å². The smallest absolute Gasteiger partial charge is 0.456 e. The van der Waals surface area contributed by atoms with Crippen LogP contribution in [0.5, 0.6) is 6.01 Å². The lowest BCUT2D eigenvalue weighted by atomic mass is 10.2. The molecule has 0 radical (unpaired) electrons. The summed E-state index contributed by atoms with van der Waals surface area (Å²) >= 11 is 1.46. The van der Waals surface area contributed by atoms with Gasteiger partial charge in [-0.2, -0.15) is 35.7 Å². The standard InChI is InChI=1S/C14H12F7N3OS/c1-2-26-10-6-4-3-5-9(10)24-8-22-11(23-24)25-7-12(15,16)13(17,18)14(19,20)21/h3-6,8H,2,7H2,1H3. The maximum Gasteiger partial charge on any atom is 0.460 e. The van der Waals surface area contributed by atoms with Gasteiger partial charge in [0.1, 0.15) is 6.33 Å². The zero-order valence-electron chi connectivity index (χ0n) is 13.1. The van der Waals surface area contributed by atoms with Gasteiger partial charge in [0.15, 0.2) is 6.61 Å². The van der Waals surface area contributed by atoms with Gasteiger partial charge < -0.3 is 4.74 Å². The number of ether oxygens (including phenoxy) is 1. The van der Waals surface area contributed by atoms with Crippen LogP contribution in [0, 0.1) is 0 Å². The lowest BCUT2D eigenvalue weighted by Gasteiger charge is -2.27. The van der Waals surface area contributed by atoms with Gasteiger partial charge in [-0.25, -0.2) is 4.68 Å². The predicted octanol–water partition coefficient (Wildman–Crippen LogP) is 4.59. The molecule has 0 amide bonds. The summed E-state index contributed by atoms with van der Waals surface area (Å²) in [6.45, 7) is -0.324. The van der Waals surface area contributed by atoms with E-state index in [0.717, 1.165) is 21.7 Å². The molecule has 2 rings (SSSR count). The molecule has 0 saturated heterocycles. The molecule has 26 heavy (non-hydrogen) atoms. The van der Waals surface area contributed by atoms with E-state index in [1.807, 2.05) is 6.92 Å². The van der Waals surface area contributed by atoms with Crippen molar-refractivity contribution in [3.05, 3.63) is 30.6 Å². The number of para-hydroxylation sites is 1. The Morgan fingerprint density at radius 1 is 1.08 bits per heavy atom. The molecule has 0 aliphatic carbocycles. The molecule has 0 fully saturated rings. The molecule has 1 aromatic heterocycles. The highest BCUT2D eigenvalue weighted by molar-refractivity contribution is 7.99. The Balaban J connectivity index is 2.15. The Morgan fingerprint density at radius 2 is 1.73 bits per heavy atom. The lowest BCUT2D eigenvalue weighted by molar-refractivity contribution is -0.358. The van der Waals surface area contributed by atoms with E-state index in [9.17, 15) is 30.7 Å². The van der Waals surface area contributed by atoms with Gasteiger partial charge in [-0.05, 0) is 17.9 Å². The molecule has 0 aliphatic heterocycles. The van der Waals surface area contributed by atoms with Crippen LogP contribution in [0.4, 0.5) is 30.7 Å². The van der Waals surface area contributed by atoms with Gasteiger partial charge in [0, 0.05) is 4.90 Å². The molecular weight excluding hydrogens is 391 g/mol. The summed E-state index contributed by atoms with van der Waals surface area (Å²) in [7, 11) is 0. The van der Waals surface area contributed by atoms with Crippen LogP contribution >= 0.6 is 11.8 Å². The molecule has 144 valence electrons. The van der Waals surface area contributed by atoms with Gasteiger partial charge in [-0.15, -0.1) is 16.9 Å². The Bertz CT molecular complexity index is 748. The minimum absolute atomic E-state index is 0.522. The van der Waals surface area contributed by atoms with Crippen molar-refractivity contribution in [2.75, 3.05) is 12.4 Å². The second kappa shape index (κ2) is 7.33. The number of hydrogen-bond acceptors (Lipinski definition) is 4. The first-order chi connectivity index (χ1) is 12.0. The van der Waals surface area contributed by atoms with Crippen LogP contribution in [0.2, 0.25) is 0 Å². The van der Waals surface area contributed by atoms with Crippen molar-refractivity contribution in [3.8, 4) is 11.7 Å². The van der Waals surface area contributed by atoms with Crippen LogP contribution in [0.1, 0.15) is 6.92 Å². The fraction of sp³-hybridized carbons (Fsp3) is 0.429.